The molecule has 7 nitrogen and oxygen atoms in total. The van der Waals surface area contributed by atoms with E-state index in [1.807, 2.05) is 13.8 Å². The van der Waals surface area contributed by atoms with Gasteiger partial charge in [0.15, 0.2) is 0 Å². The predicted octanol–water partition coefficient (Wildman–Crippen LogP) is 2.46. The summed E-state index contributed by atoms with van der Waals surface area (Å²) in [5, 5.41) is 10.9. The number of halogens is 2. The van der Waals surface area contributed by atoms with E-state index in [4.69, 9.17) is 5.73 Å². The zero-order chi connectivity index (χ0) is 17.9. The molecule has 1 atom stereocenters. The van der Waals surface area contributed by atoms with Gasteiger partial charge >= 0.3 is 0 Å². The molecule has 1 rings (SSSR count). The normalized spacial score (nSPS) is 13.0. The Morgan fingerprint density at radius 1 is 1.38 bits per heavy atom. The van der Waals surface area contributed by atoms with Gasteiger partial charge in [0.25, 0.3) is 5.69 Å². The number of nitrogens with two attached hydrogens (primary N) is 1. The lowest BCUT2D eigenvalue weighted by atomic mass is 10.0. The number of rotatable bonds is 7. The first kappa shape index (κ1) is 22.7. The van der Waals surface area contributed by atoms with Gasteiger partial charge in [-0.1, -0.05) is 13.8 Å². The maximum Gasteiger partial charge on any atom is 0.276 e. The van der Waals surface area contributed by atoms with Gasteiger partial charge in [-0.15, -0.1) is 12.4 Å². The van der Waals surface area contributed by atoms with Gasteiger partial charge in [-0.2, -0.15) is 0 Å². The molecule has 10 heteroatoms. The first-order valence-electron chi connectivity index (χ1n) is 7.15. The van der Waals surface area contributed by atoms with E-state index in [9.17, 15) is 22.9 Å². The summed E-state index contributed by atoms with van der Waals surface area (Å²) < 4.78 is 39.7. The Kier molecular flexibility index (Phi) is 8.24. The number of hydrogen-bond donors (Lipinski definition) is 1. The van der Waals surface area contributed by atoms with E-state index in [1.165, 1.54) is 14.0 Å². The highest BCUT2D eigenvalue weighted by Crippen LogP contribution is 2.27. The molecule has 24 heavy (non-hydrogen) atoms. The minimum Gasteiger partial charge on any atom is -0.327 e. The van der Waals surface area contributed by atoms with Gasteiger partial charge in [0.05, 0.1) is 15.4 Å². The van der Waals surface area contributed by atoms with Crippen LogP contribution in [0.4, 0.5) is 10.1 Å². The van der Waals surface area contributed by atoms with E-state index < -0.39 is 31.3 Å². The molecule has 0 aliphatic heterocycles. The maximum atomic E-state index is 13.8. The topological polar surface area (TPSA) is 107 Å². The molecule has 1 aromatic carbocycles. The van der Waals surface area contributed by atoms with Crippen LogP contribution in [0.2, 0.25) is 0 Å². The molecule has 2 N–H and O–H groups in total. The van der Waals surface area contributed by atoms with Crippen LogP contribution >= 0.6 is 12.4 Å². The van der Waals surface area contributed by atoms with Crippen molar-refractivity contribution in [3.05, 3.63) is 33.6 Å². The highest BCUT2D eigenvalue weighted by Gasteiger charge is 2.26. The molecule has 0 aromatic heterocycles. The molecular weight excluding hydrogens is 361 g/mol. The van der Waals surface area contributed by atoms with Crippen molar-refractivity contribution in [1.29, 1.82) is 0 Å². The molecule has 0 aliphatic rings. The van der Waals surface area contributed by atoms with Crippen molar-refractivity contribution in [2.45, 2.75) is 38.1 Å². The Morgan fingerprint density at radius 3 is 2.38 bits per heavy atom. The van der Waals surface area contributed by atoms with Crippen molar-refractivity contribution < 1.29 is 17.7 Å². The minimum atomic E-state index is -4.02. The molecule has 138 valence electrons. The lowest BCUT2D eigenvalue weighted by Gasteiger charge is -2.21. The fraction of sp³-hybridized carbons (Fsp3) is 0.571. The third-order valence-electron chi connectivity index (χ3n) is 3.83. The monoisotopic (exact) mass is 383 g/mol. The number of nitro groups is 1. The molecule has 0 heterocycles. The van der Waals surface area contributed by atoms with E-state index in [0.717, 1.165) is 16.4 Å². The zero-order valence-electron chi connectivity index (χ0n) is 14.0. The summed E-state index contributed by atoms with van der Waals surface area (Å²) in [7, 11) is -2.68. The van der Waals surface area contributed by atoms with E-state index in [-0.39, 0.29) is 36.5 Å². The number of sulfonamides is 1. The van der Waals surface area contributed by atoms with Gasteiger partial charge in [-0.05, 0) is 25.3 Å². The molecule has 1 unspecified atom stereocenters. The van der Waals surface area contributed by atoms with E-state index in [1.54, 1.807) is 0 Å². The van der Waals surface area contributed by atoms with Gasteiger partial charge in [0.1, 0.15) is 5.82 Å². The average Bonchev–Trinajstić information content (AvgIpc) is 2.46. The SMILES string of the molecule is Cc1c(F)cc(S(=O)(=O)N(C)CCC(N)C(C)C)cc1[N+](=O)[O-].Cl. The largest absolute Gasteiger partial charge is 0.327 e. The van der Waals surface area contributed by atoms with Crippen LogP contribution in [0.15, 0.2) is 17.0 Å². The quantitative estimate of drug-likeness (QED) is 0.574. The first-order valence-corrected chi connectivity index (χ1v) is 8.59. The molecule has 0 radical (unpaired) electrons. The lowest BCUT2D eigenvalue weighted by Crippen LogP contribution is -2.34. The van der Waals surface area contributed by atoms with Gasteiger partial charge in [0.2, 0.25) is 10.0 Å². The summed E-state index contributed by atoms with van der Waals surface area (Å²) in [4.78, 5) is 9.69. The Balaban J connectivity index is 0.00000529. The summed E-state index contributed by atoms with van der Waals surface area (Å²) in [5.41, 5.74) is 5.13. The molecule has 1 aromatic rings. The molecule has 0 saturated heterocycles. The molecular formula is C14H23ClFN3O4S. The van der Waals surface area contributed by atoms with Crippen molar-refractivity contribution >= 4 is 28.1 Å². The van der Waals surface area contributed by atoms with E-state index in [0.29, 0.717) is 6.42 Å². The molecule has 0 saturated carbocycles. The lowest BCUT2D eigenvalue weighted by molar-refractivity contribution is -0.385. The molecule has 0 amide bonds. The second-order valence-electron chi connectivity index (χ2n) is 5.83. The van der Waals surface area contributed by atoms with Crippen LogP contribution in [0.3, 0.4) is 0 Å². The summed E-state index contributed by atoms with van der Waals surface area (Å²) in [6.45, 7) is 5.23. The van der Waals surface area contributed by atoms with Crippen LogP contribution < -0.4 is 5.73 Å². The fourth-order valence-corrected chi connectivity index (χ4v) is 3.16. The molecule has 0 fully saturated rings. The number of benzene rings is 1. The van der Waals surface area contributed by atoms with Crippen molar-refractivity contribution in [1.82, 2.24) is 4.31 Å². The van der Waals surface area contributed by atoms with Gasteiger partial charge in [-0.25, -0.2) is 17.1 Å². The highest BCUT2D eigenvalue weighted by molar-refractivity contribution is 7.89. The molecule has 0 aliphatic carbocycles. The fourth-order valence-electron chi connectivity index (χ4n) is 1.94. The summed E-state index contributed by atoms with van der Waals surface area (Å²) in [6.07, 6.45) is 0.434. The Hall–Kier alpha value is -1.29. The van der Waals surface area contributed by atoms with Crippen LogP contribution in [-0.4, -0.2) is 37.3 Å². The van der Waals surface area contributed by atoms with Crippen molar-refractivity contribution in [3.63, 3.8) is 0 Å². The molecule has 0 bridgehead atoms. The zero-order valence-corrected chi connectivity index (χ0v) is 15.7. The van der Waals surface area contributed by atoms with Crippen LogP contribution in [0, 0.1) is 28.8 Å². The summed E-state index contributed by atoms with van der Waals surface area (Å²) in [5.74, 6) is -0.728. The van der Waals surface area contributed by atoms with Crippen molar-refractivity contribution in [3.8, 4) is 0 Å². The number of hydrogen-bond acceptors (Lipinski definition) is 5. The second-order valence-corrected chi connectivity index (χ2v) is 7.87. The van der Waals surface area contributed by atoms with Gasteiger partial charge in [0, 0.05) is 25.7 Å². The highest BCUT2D eigenvalue weighted by atomic mass is 35.5. The van der Waals surface area contributed by atoms with Crippen molar-refractivity contribution in [2.75, 3.05) is 13.6 Å². The van der Waals surface area contributed by atoms with Gasteiger partial charge in [-0.3, -0.25) is 10.1 Å². The standard InChI is InChI=1S/C14H22FN3O4S.ClH/c1-9(2)13(16)5-6-17(4)23(21,22)11-7-12(15)10(3)14(8-11)18(19)20;/h7-9,13H,5-6,16H2,1-4H3;1H. The van der Waals surface area contributed by atoms with E-state index in [2.05, 4.69) is 0 Å². The van der Waals surface area contributed by atoms with Crippen LogP contribution in [-0.2, 0) is 10.0 Å². The Morgan fingerprint density at radius 2 is 1.92 bits per heavy atom. The maximum absolute atomic E-state index is 13.8. The molecule has 0 spiro atoms. The minimum absolute atomic E-state index is 0. The predicted molar refractivity (Wildman–Crippen MR) is 92.3 cm³/mol. The third kappa shape index (κ3) is 5.10. The Bertz CT molecular complexity index is 698. The average molecular weight is 384 g/mol. The Labute approximate surface area is 147 Å². The number of nitro benzene ring substituents is 1. The number of nitrogens with zero attached hydrogens (tertiary/aromatic N) is 2. The van der Waals surface area contributed by atoms with Gasteiger partial charge < -0.3 is 5.73 Å². The van der Waals surface area contributed by atoms with Crippen molar-refractivity contribution in [2.24, 2.45) is 11.7 Å². The second kappa shape index (κ2) is 8.70. The van der Waals surface area contributed by atoms with Crippen LogP contribution in [0.1, 0.15) is 25.8 Å². The summed E-state index contributed by atoms with van der Waals surface area (Å²) in [6, 6.07) is 1.51. The van der Waals surface area contributed by atoms with Crippen LogP contribution in [0.5, 0.6) is 0 Å². The third-order valence-corrected chi connectivity index (χ3v) is 5.66. The summed E-state index contributed by atoms with van der Waals surface area (Å²) >= 11 is 0. The van der Waals surface area contributed by atoms with Crippen LogP contribution in [0.25, 0.3) is 0 Å². The first-order chi connectivity index (χ1) is 10.5. The van der Waals surface area contributed by atoms with E-state index >= 15 is 0 Å². The smallest absolute Gasteiger partial charge is 0.276 e.